The number of hydrogen-bond acceptors (Lipinski definition) is 2. The number of hydrogen-bond donors (Lipinski definition) is 1. The van der Waals surface area contributed by atoms with Gasteiger partial charge in [0.25, 0.3) is 0 Å². The molecule has 0 radical (unpaired) electrons. The highest BCUT2D eigenvalue weighted by molar-refractivity contribution is 8.93. The molecule has 0 aliphatic heterocycles. The van der Waals surface area contributed by atoms with Crippen LogP contribution >= 0.6 is 39.9 Å². The summed E-state index contributed by atoms with van der Waals surface area (Å²) in [5.74, 6) is 0. The van der Waals surface area contributed by atoms with E-state index in [2.05, 4.69) is 6.58 Å². The quantitative estimate of drug-likeness (QED) is 0.822. The predicted molar refractivity (Wildman–Crippen MR) is 71.2 cm³/mol. The topological polar surface area (TPSA) is 28.8 Å². The third-order valence-corrected chi connectivity index (χ3v) is 3.17. The van der Waals surface area contributed by atoms with E-state index in [1.807, 2.05) is 22.8 Å². The fourth-order valence-corrected chi connectivity index (χ4v) is 2.57. The monoisotopic (exact) mass is 304 g/mol. The van der Waals surface area contributed by atoms with E-state index in [0.29, 0.717) is 16.4 Å². The van der Waals surface area contributed by atoms with Crippen molar-refractivity contribution in [3.63, 3.8) is 0 Å². The molecule has 80 valence electrons. The Labute approximate surface area is 107 Å². The van der Waals surface area contributed by atoms with Crippen LogP contribution in [-0.2, 0) is 6.54 Å². The Bertz CT molecular complexity index is 544. The van der Waals surface area contributed by atoms with Gasteiger partial charge in [0, 0.05) is 11.6 Å². The van der Waals surface area contributed by atoms with Crippen LogP contribution in [0.5, 0.6) is 0 Å². The van der Waals surface area contributed by atoms with Crippen molar-refractivity contribution in [2.45, 2.75) is 6.54 Å². The third-order valence-electron chi connectivity index (χ3n) is 1.98. The maximum Gasteiger partial charge on any atom is 0.183 e. The zero-order valence-corrected chi connectivity index (χ0v) is 11.2. The second-order valence-electron chi connectivity index (χ2n) is 2.92. The van der Waals surface area contributed by atoms with Gasteiger partial charge >= 0.3 is 0 Å². The Balaban J connectivity index is 0.00000112. The molecule has 0 fully saturated rings. The van der Waals surface area contributed by atoms with Crippen molar-refractivity contribution >= 4 is 50.1 Å². The van der Waals surface area contributed by atoms with Crippen molar-refractivity contribution in [3.8, 4) is 0 Å². The van der Waals surface area contributed by atoms with Gasteiger partial charge in [-0.3, -0.25) is 5.41 Å². The third kappa shape index (κ3) is 2.33. The molecule has 0 bridgehead atoms. The number of thiazole rings is 1. The van der Waals surface area contributed by atoms with Gasteiger partial charge in [-0.2, -0.15) is 0 Å². The summed E-state index contributed by atoms with van der Waals surface area (Å²) in [7, 11) is 0. The number of nitrogens with one attached hydrogen (secondary N) is 1. The number of allylic oxidation sites excluding steroid dienone is 1. The summed E-state index contributed by atoms with van der Waals surface area (Å²) < 4.78 is 2.95. The van der Waals surface area contributed by atoms with Crippen LogP contribution in [0.4, 0.5) is 0 Å². The van der Waals surface area contributed by atoms with Crippen LogP contribution in [0, 0.1) is 5.41 Å². The van der Waals surface area contributed by atoms with Gasteiger partial charge < -0.3 is 4.57 Å². The summed E-state index contributed by atoms with van der Waals surface area (Å²) in [6.45, 7) is 4.34. The van der Waals surface area contributed by atoms with Crippen molar-refractivity contribution in [2.24, 2.45) is 0 Å². The van der Waals surface area contributed by atoms with Crippen molar-refractivity contribution in [1.29, 1.82) is 5.41 Å². The molecule has 0 amide bonds. The molecule has 1 N–H and O–H groups in total. The highest BCUT2D eigenvalue weighted by Crippen LogP contribution is 2.21. The van der Waals surface area contributed by atoms with Gasteiger partial charge in [-0.05, 0) is 18.2 Å². The van der Waals surface area contributed by atoms with Gasteiger partial charge in [0.15, 0.2) is 4.80 Å². The van der Waals surface area contributed by atoms with Crippen LogP contribution in [0.25, 0.3) is 10.2 Å². The first-order chi connectivity index (χ1) is 6.72. The average molecular weight is 306 g/mol. The minimum atomic E-state index is 0. The fourth-order valence-electron chi connectivity index (χ4n) is 1.37. The summed E-state index contributed by atoms with van der Waals surface area (Å²) in [5, 5.41) is 8.48. The molecular weight excluding hydrogens is 296 g/mol. The van der Waals surface area contributed by atoms with E-state index in [4.69, 9.17) is 17.0 Å². The minimum absolute atomic E-state index is 0. The summed E-state index contributed by atoms with van der Waals surface area (Å²) in [5.41, 5.74) is 1.05. The van der Waals surface area contributed by atoms with Gasteiger partial charge in [0.2, 0.25) is 0 Å². The molecule has 0 saturated carbocycles. The first kappa shape index (κ1) is 12.5. The second-order valence-corrected chi connectivity index (χ2v) is 4.39. The van der Waals surface area contributed by atoms with E-state index >= 15 is 0 Å². The first-order valence-corrected chi connectivity index (χ1v) is 5.36. The molecule has 2 rings (SSSR count). The van der Waals surface area contributed by atoms with Gasteiger partial charge in [0.1, 0.15) is 0 Å². The van der Waals surface area contributed by atoms with Gasteiger partial charge in [0.05, 0.1) is 10.2 Å². The van der Waals surface area contributed by atoms with Crippen LogP contribution in [0.1, 0.15) is 0 Å². The number of benzene rings is 1. The lowest BCUT2D eigenvalue weighted by molar-refractivity contribution is 0.812. The van der Waals surface area contributed by atoms with Crippen LogP contribution in [-0.4, -0.2) is 4.57 Å². The molecule has 0 unspecified atom stereocenters. The maximum absolute atomic E-state index is 7.76. The van der Waals surface area contributed by atoms with Gasteiger partial charge in [-0.1, -0.05) is 29.0 Å². The number of aromatic nitrogens is 1. The lowest BCUT2D eigenvalue weighted by Crippen LogP contribution is -2.11. The van der Waals surface area contributed by atoms with Crippen molar-refractivity contribution < 1.29 is 0 Å². The van der Waals surface area contributed by atoms with Crippen LogP contribution in [0.2, 0.25) is 5.02 Å². The summed E-state index contributed by atoms with van der Waals surface area (Å²) in [4.78, 5) is 0.530. The molecule has 0 atom stereocenters. The highest BCUT2D eigenvalue weighted by atomic mass is 79.9. The molecule has 0 spiro atoms. The molecule has 1 aromatic heterocycles. The lowest BCUT2D eigenvalue weighted by atomic mass is 10.3. The van der Waals surface area contributed by atoms with Crippen molar-refractivity contribution in [2.75, 3.05) is 0 Å². The Morgan fingerprint density at radius 3 is 2.93 bits per heavy atom. The predicted octanol–water partition coefficient (Wildman–Crippen LogP) is 3.60. The summed E-state index contributed by atoms with van der Waals surface area (Å²) >= 11 is 7.30. The van der Waals surface area contributed by atoms with Gasteiger partial charge in [-0.15, -0.1) is 23.6 Å². The molecule has 5 heteroatoms. The smallest absolute Gasteiger partial charge is 0.183 e. The maximum atomic E-state index is 7.76. The minimum Gasteiger partial charge on any atom is -0.313 e. The zero-order valence-electron chi connectivity index (χ0n) is 7.87. The first-order valence-electron chi connectivity index (χ1n) is 4.17. The molecular formula is C10H10BrClN2S. The summed E-state index contributed by atoms with van der Waals surface area (Å²) in [6, 6.07) is 5.67. The van der Waals surface area contributed by atoms with E-state index in [0.717, 1.165) is 10.2 Å². The van der Waals surface area contributed by atoms with E-state index in [-0.39, 0.29) is 17.0 Å². The van der Waals surface area contributed by atoms with E-state index in [1.165, 1.54) is 11.3 Å². The highest BCUT2D eigenvalue weighted by Gasteiger charge is 2.03. The normalized spacial score (nSPS) is 9.93. The Kier molecular flexibility index (Phi) is 4.13. The average Bonchev–Trinajstić information content (AvgIpc) is 2.43. The van der Waals surface area contributed by atoms with E-state index in [9.17, 15) is 0 Å². The number of fused-ring (bicyclic) bond motifs is 1. The Morgan fingerprint density at radius 2 is 2.27 bits per heavy atom. The molecule has 1 aromatic carbocycles. The molecule has 2 aromatic rings. The molecule has 1 heterocycles. The van der Waals surface area contributed by atoms with E-state index in [1.54, 1.807) is 6.08 Å². The SMILES string of the molecule is Br.C=CCn1c(=N)sc2cc(Cl)ccc21. The van der Waals surface area contributed by atoms with Crippen molar-refractivity contribution in [1.82, 2.24) is 4.57 Å². The van der Waals surface area contributed by atoms with E-state index < -0.39 is 0 Å². The standard InChI is InChI=1S/C10H9ClN2S.BrH/c1-2-5-13-8-4-3-7(11)6-9(8)14-10(13)12;/h2-4,6,12H,1,5H2;1H. The second kappa shape index (κ2) is 4.96. The number of halogens is 2. The van der Waals surface area contributed by atoms with Gasteiger partial charge in [-0.25, -0.2) is 0 Å². The van der Waals surface area contributed by atoms with Crippen LogP contribution in [0.15, 0.2) is 30.9 Å². The largest absolute Gasteiger partial charge is 0.313 e. The molecule has 0 aliphatic carbocycles. The fraction of sp³-hybridized carbons (Fsp3) is 0.100. The number of rotatable bonds is 2. The number of nitrogens with zero attached hydrogens (tertiary/aromatic N) is 1. The summed E-state index contributed by atoms with van der Waals surface area (Å²) in [6.07, 6.45) is 1.79. The Hall–Kier alpha value is -0.580. The van der Waals surface area contributed by atoms with Crippen molar-refractivity contribution in [3.05, 3.63) is 40.7 Å². The molecule has 15 heavy (non-hydrogen) atoms. The lowest BCUT2D eigenvalue weighted by Gasteiger charge is -1.99. The molecule has 0 aliphatic rings. The van der Waals surface area contributed by atoms with Crippen LogP contribution in [0.3, 0.4) is 0 Å². The van der Waals surface area contributed by atoms with Crippen LogP contribution < -0.4 is 4.80 Å². The zero-order chi connectivity index (χ0) is 10.1. The Morgan fingerprint density at radius 1 is 1.53 bits per heavy atom. The molecule has 0 saturated heterocycles. The molecule has 2 nitrogen and oxygen atoms in total.